The largest absolute Gasteiger partial charge is 0.384 e. The van der Waals surface area contributed by atoms with Gasteiger partial charge in [-0.05, 0) is 25.5 Å². The van der Waals surface area contributed by atoms with Crippen molar-refractivity contribution in [3.05, 3.63) is 21.9 Å². The van der Waals surface area contributed by atoms with Gasteiger partial charge in [-0.3, -0.25) is 4.90 Å². The molecule has 0 aliphatic heterocycles. The van der Waals surface area contributed by atoms with Gasteiger partial charge in [0, 0.05) is 28.4 Å². The van der Waals surface area contributed by atoms with Crippen LogP contribution in [0.1, 0.15) is 30.2 Å². The summed E-state index contributed by atoms with van der Waals surface area (Å²) < 4.78 is 0. The summed E-state index contributed by atoms with van der Waals surface area (Å²) >= 11 is 1.76. The lowest BCUT2D eigenvalue weighted by molar-refractivity contribution is 0.272. The number of hydrogen-bond acceptors (Lipinski definition) is 3. The van der Waals surface area contributed by atoms with Crippen molar-refractivity contribution >= 4 is 11.3 Å². The summed E-state index contributed by atoms with van der Waals surface area (Å²) in [7, 11) is 0. The topological polar surface area (TPSA) is 23.5 Å². The van der Waals surface area contributed by atoms with Crippen LogP contribution in [0.4, 0.5) is 0 Å². The van der Waals surface area contributed by atoms with Crippen LogP contribution in [0.5, 0.6) is 0 Å². The monoisotopic (exact) mass is 235 g/mol. The summed E-state index contributed by atoms with van der Waals surface area (Å²) in [6, 6.07) is 2.96. The zero-order valence-electron chi connectivity index (χ0n) is 9.57. The van der Waals surface area contributed by atoms with Crippen molar-refractivity contribution in [1.82, 2.24) is 4.90 Å². The first-order valence-electron chi connectivity index (χ1n) is 5.74. The molecule has 1 aromatic rings. The minimum atomic E-state index is -0.0612. The van der Waals surface area contributed by atoms with E-state index >= 15 is 0 Å². The summed E-state index contributed by atoms with van der Waals surface area (Å²) in [5.41, 5.74) is 1.03. The molecule has 0 saturated heterocycles. The summed E-state index contributed by atoms with van der Waals surface area (Å²) in [6.07, 6.45) is 2.72. The van der Waals surface area contributed by atoms with E-state index in [9.17, 15) is 0 Å². The van der Waals surface area contributed by atoms with E-state index in [1.54, 1.807) is 11.3 Å². The Labute approximate surface area is 101 Å². The molecule has 1 saturated carbocycles. The number of nitrogens with zero attached hydrogens (tertiary/aromatic N) is 1. The highest BCUT2D eigenvalue weighted by Gasteiger charge is 2.27. The molecule has 2 nitrogen and oxygen atoms in total. The van der Waals surface area contributed by atoms with E-state index in [-0.39, 0.29) is 6.61 Å². The van der Waals surface area contributed by atoms with Gasteiger partial charge in [0.2, 0.25) is 0 Å². The molecule has 0 bridgehead atoms. The van der Waals surface area contributed by atoms with Crippen LogP contribution in [0.25, 0.3) is 0 Å². The summed E-state index contributed by atoms with van der Waals surface area (Å²) in [5.74, 6) is 5.62. The summed E-state index contributed by atoms with van der Waals surface area (Å²) in [5, 5.41) is 10.7. The Bertz CT molecular complexity index is 398. The second-order valence-corrected chi connectivity index (χ2v) is 5.05. The number of aliphatic hydroxyl groups excluding tert-OH is 1. The van der Waals surface area contributed by atoms with Gasteiger partial charge in [0.1, 0.15) is 6.61 Å². The third-order valence-electron chi connectivity index (χ3n) is 2.79. The molecule has 1 aliphatic rings. The van der Waals surface area contributed by atoms with Crippen molar-refractivity contribution in [3.63, 3.8) is 0 Å². The molecular weight excluding hydrogens is 218 g/mol. The maximum absolute atomic E-state index is 8.62. The lowest BCUT2D eigenvalue weighted by Crippen LogP contribution is -2.24. The Balaban J connectivity index is 1.95. The molecule has 2 rings (SSSR count). The van der Waals surface area contributed by atoms with E-state index < -0.39 is 0 Å². The molecule has 86 valence electrons. The second kappa shape index (κ2) is 5.49. The van der Waals surface area contributed by atoms with Crippen LogP contribution in [0.15, 0.2) is 11.4 Å². The minimum Gasteiger partial charge on any atom is -0.384 e. The van der Waals surface area contributed by atoms with Crippen molar-refractivity contribution in [2.24, 2.45) is 0 Å². The van der Waals surface area contributed by atoms with Gasteiger partial charge in [-0.1, -0.05) is 18.8 Å². The van der Waals surface area contributed by atoms with Gasteiger partial charge in [0.05, 0.1) is 0 Å². The first-order chi connectivity index (χ1) is 7.83. The van der Waals surface area contributed by atoms with Crippen LogP contribution in [0, 0.1) is 11.8 Å². The van der Waals surface area contributed by atoms with E-state index in [0.29, 0.717) is 0 Å². The van der Waals surface area contributed by atoms with Crippen LogP contribution < -0.4 is 0 Å². The molecule has 1 fully saturated rings. The van der Waals surface area contributed by atoms with Crippen LogP contribution in [-0.2, 0) is 6.54 Å². The molecule has 0 unspecified atom stereocenters. The highest BCUT2D eigenvalue weighted by atomic mass is 32.1. The number of aliphatic hydroxyl groups is 1. The molecule has 1 N–H and O–H groups in total. The number of thiophene rings is 1. The van der Waals surface area contributed by atoms with Crippen molar-refractivity contribution in [2.45, 2.75) is 32.4 Å². The Morgan fingerprint density at radius 2 is 2.38 bits per heavy atom. The van der Waals surface area contributed by atoms with E-state index in [4.69, 9.17) is 5.11 Å². The predicted octanol–water partition coefficient (Wildman–Crippen LogP) is 2.08. The quantitative estimate of drug-likeness (QED) is 0.808. The van der Waals surface area contributed by atoms with Crippen LogP contribution >= 0.6 is 11.3 Å². The molecular formula is C13H17NOS. The lowest BCUT2D eigenvalue weighted by atomic mass is 10.3. The second-order valence-electron chi connectivity index (χ2n) is 4.06. The van der Waals surface area contributed by atoms with Gasteiger partial charge in [0.25, 0.3) is 0 Å². The Morgan fingerprint density at radius 3 is 3.00 bits per heavy atom. The first kappa shape index (κ1) is 11.7. The van der Waals surface area contributed by atoms with Gasteiger partial charge in [0.15, 0.2) is 0 Å². The SMILES string of the molecule is CCN(Cc1cc(C#CCO)cs1)C1CC1. The number of rotatable bonds is 4. The molecule has 1 heterocycles. The maximum Gasteiger partial charge on any atom is 0.104 e. The smallest absolute Gasteiger partial charge is 0.104 e. The zero-order valence-corrected chi connectivity index (χ0v) is 10.4. The van der Waals surface area contributed by atoms with Crippen molar-refractivity contribution in [3.8, 4) is 11.8 Å². The lowest BCUT2D eigenvalue weighted by Gasteiger charge is -2.18. The van der Waals surface area contributed by atoms with Crippen LogP contribution in [0.3, 0.4) is 0 Å². The molecule has 1 aliphatic carbocycles. The fraction of sp³-hybridized carbons (Fsp3) is 0.538. The predicted molar refractivity (Wildman–Crippen MR) is 67.4 cm³/mol. The van der Waals surface area contributed by atoms with Gasteiger partial charge in [-0.15, -0.1) is 11.3 Å². The van der Waals surface area contributed by atoms with Crippen LogP contribution in [-0.4, -0.2) is 29.2 Å². The van der Waals surface area contributed by atoms with E-state index in [1.165, 1.54) is 17.7 Å². The molecule has 16 heavy (non-hydrogen) atoms. The Kier molecular flexibility index (Phi) is 4.00. The standard InChI is InChI=1S/C13H17NOS/c1-2-14(12-5-6-12)9-13-8-11(10-16-13)4-3-7-15/h8,10,12,15H,2,5-7,9H2,1H3. The van der Waals surface area contributed by atoms with Gasteiger partial charge in [-0.25, -0.2) is 0 Å². The number of hydrogen-bond donors (Lipinski definition) is 1. The highest BCUT2D eigenvalue weighted by Crippen LogP contribution is 2.29. The summed E-state index contributed by atoms with van der Waals surface area (Å²) in [6.45, 7) is 4.33. The van der Waals surface area contributed by atoms with E-state index in [1.807, 2.05) is 0 Å². The van der Waals surface area contributed by atoms with Crippen molar-refractivity contribution in [1.29, 1.82) is 0 Å². The first-order valence-corrected chi connectivity index (χ1v) is 6.62. The summed E-state index contributed by atoms with van der Waals surface area (Å²) in [4.78, 5) is 3.89. The van der Waals surface area contributed by atoms with Gasteiger partial charge < -0.3 is 5.11 Å². The zero-order chi connectivity index (χ0) is 11.4. The van der Waals surface area contributed by atoms with Crippen LogP contribution in [0.2, 0.25) is 0 Å². The molecule has 1 aromatic heterocycles. The molecule has 3 heteroatoms. The van der Waals surface area contributed by atoms with Crippen molar-refractivity contribution < 1.29 is 5.11 Å². The van der Waals surface area contributed by atoms with E-state index in [0.717, 1.165) is 24.7 Å². The molecule has 0 spiro atoms. The highest BCUT2D eigenvalue weighted by molar-refractivity contribution is 7.10. The minimum absolute atomic E-state index is 0.0612. The fourth-order valence-corrected chi connectivity index (χ4v) is 2.65. The fourth-order valence-electron chi connectivity index (χ4n) is 1.81. The Hall–Kier alpha value is -0.820. The van der Waals surface area contributed by atoms with E-state index in [2.05, 4.69) is 35.1 Å². The third kappa shape index (κ3) is 3.08. The van der Waals surface area contributed by atoms with Gasteiger partial charge in [-0.2, -0.15) is 0 Å². The molecule has 0 amide bonds. The average Bonchev–Trinajstić information content (AvgIpc) is 3.04. The third-order valence-corrected chi connectivity index (χ3v) is 3.72. The normalized spacial score (nSPS) is 14.9. The van der Waals surface area contributed by atoms with Gasteiger partial charge >= 0.3 is 0 Å². The van der Waals surface area contributed by atoms with Crippen molar-refractivity contribution in [2.75, 3.05) is 13.2 Å². The molecule has 0 aromatic carbocycles. The average molecular weight is 235 g/mol. The maximum atomic E-state index is 8.62. The molecule has 0 atom stereocenters. The Morgan fingerprint density at radius 1 is 1.56 bits per heavy atom. The molecule has 0 radical (unpaired) electrons.